The summed E-state index contributed by atoms with van der Waals surface area (Å²) in [6.07, 6.45) is -1.47. The number of carbonyl (C=O) groups is 1. The Kier molecular flexibility index (Phi) is 3.72. The Hall–Kier alpha value is -2.39. The standard InChI is InChI=1S/C10H11F3N6O/c1-6(19-4-2-3-15-19)8(20)14-5-7-16-9(18-17-7)10(11,12)13/h2-4,6H,5H2,1H3,(H,14,20)(H,16,17,18). The fraction of sp³-hybridized carbons (Fsp3) is 0.400. The number of aromatic amines is 1. The van der Waals surface area contributed by atoms with Gasteiger partial charge >= 0.3 is 6.18 Å². The van der Waals surface area contributed by atoms with Crippen molar-refractivity contribution in [3.05, 3.63) is 30.1 Å². The largest absolute Gasteiger partial charge is 0.453 e. The van der Waals surface area contributed by atoms with Gasteiger partial charge < -0.3 is 5.32 Å². The van der Waals surface area contributed by atoms with Crippen molar-refractivity contribution < 1.29 is 18.0 Å². The topological polar surface area (TPSA) is 88.5 Å². The molecule has 7 nitrogen and oxygen atoms in total. The molecule has 20 heavy (non-hydrogen) atoms. The first-order chi connectivity index (χ1) is 9.38. The molecule has 108 valence electrons. The highest BCUT2D eigenvalue weighted by Gasteiger charge is 2.36. The summed E-state index contributed by atoms with van der Waals surface area (Å²) in [5.74, 6) is -1.72. The lowest BCUT2D eigenvalue weighted by molar-refractivity contribution is -0.144. The molecule has 2 aromatic heterocycles. The second kappa shape index (κ2) is 5.31. The van der Waals surface area contributed by atoms with E-state index in [1.807, 2.05) is 0 Å². The molecule has 0 saturated heterocycles. The van der Waals surface area contributed by atoms with Gasteiger partial charge in [0.15, 0.2) is 0 Å². The van der Waals surface area contributed by atoms with E-state index in [1.165, 1.54) is 10.9 Å². The van der Waals surface area contributed by atoms with Gasteiger partial charge in [-0.1, -0.05) is 0 Å². The van der Waals surface area contributed by atoms with E-state index in [4.69, 9.17) is 0 Å². The third kappa shape index (κ3) is 3.13. The van der Waals surface area contributed by atoms with Crippen molar-refractivity contribution in [1.82, 2.24) is 30.3 Å². The van der Waals surface area contributed by atoms with Crippen LogP contribution in [0, 0.1) is 0 Å². The number of amides is 1. The van der Waals surface area contributed by atoms with Gasteiger partial charge in [-0.05, 0) is 13.0 Å². The molecule has 0 spiro atoms. The third-order valence-electron chi connectivity index (χ3n) is 2.52. The molecule has 2 aromatic rings. The van der Waals surface area contributed by atoms with Crippen LogP contribution in [0.3, 0.4) is 0 Å². The Morgan fingerprint density at radius 3 is 2.85 bits per heavy atom. The fourth-order valence-electron chi connectivity index (χ4n) is 1.45. The molecule has 2 N–H and O–H groups in total. The zero-order chi connectivity index (χ0) is 14.8. The van der Waals surface area contributed by atoms with Crippen LogP contribution in [-0.4, -0.2) is 30.9 Å². The van der Waals surface area contributed by atoms with E-state index in [-0.39, 0.29) is 12.4 Å². The summed E-state index contributed by atoms with van der Waals surface area (Å²) in [6, 6.07) is 1.09. The summed E-state index contributed by atoms with van der Waals surface area (Å²) in [4.78, 5) is 15.0. The summed E-state index contributed by atoms with van der Waals surface area (Å²) in [5.41, 5.74) is 0. The Bertz CT molecular complexity index is 576. The Morgan fingerprint density at radius 1 is 1.55 bits per heavy atom. The van der Waals surface area contributed by atoms with Gasteiger partial charge in [-0.2, -0.15) is 18.3 Å². The quantitative estimate of drug-likeness (QED) is 0.874. The smallest absolute Gasteiger partial charge is 0.347 e. The van der Waals surface area contributed by atoms with Crippen LogP contribution in [0.1, 0.15) is 24.6 Å². The van der Waals surface area contributed by atoms with Crippen molar-refractivity contribution in [2.45, 2.75) is 25.7 Å². The number of aromatic nitrogens is 5. The maximum atomic E-state index is 12.3. The SMILES string of the molecule is CC(C(=O)NCc1nc(C(F)(F)F)n[nH]1)n1cccn1. The van der Waals surface area contributed by atoms with E-state index in [1.54, 1.807) is 19.2 Å². The molecule has 2 rings (SSSR count). The first-order valence-electron chi connectivity index (χ1n) is 5.63. The average Bonchev–Trinajstić information content (AvgIpc) is 3.04. The lowest BCUT2D eigenvalue weighted by atomic mass is 10.3. The average molecular weight is 288 g/mol. The number of halogens is 3. The maximum absolute atomic E-state index is 12.3. The molecule has 0 bridgehead atoms. The molecule has 0 aromatic carbocycles. The zero-order valence-electron chi connectivity index (χ0n) is 10.3. The van der Waals surface area contributed by atoms with E-state index in [2.05, 4.69) is 25.6 Å². The highest BCUT2D eigenvalue weighted by molar-refractivity contribution is 5.79. The van der Waals surface area contributed by atoms with Gasteiger partial charge in [0, 0.05) is 12.4 Å². The minimum Gasteiger partial charge on any atom is -0.347 e. The molecule has 0 aliphatic heterocycles. The Morgan fingerprint density at radius 2 is 2.30 bits per heavy atom. The second-order valence-corrected chi connectivity index (χ2v) is 3.98. The van der Waals surface area contributed by atoms with E-state index in [9.17, 15) is 18.0 Å². The van der Waals surface area contributed by atoms with Crippen LogP contribution in [0.15, 0.2) is 18.5 Å². The molecule has 0 saturated carbocycles. The van der Waals surface area contributed by atoms with Gasteiger partial charge in [0.25, 0.3) is 5.82 Å². The predicted molar refractivity (Wildman–Crippen MR) is 60.2 cm³/mol. The number of hydrogen-bond acceptors (Lipinski definition) is 4. The number of rotatable bonds is 4. The lowest BCUT2D eigenvalue weighted by Crippen LogP contribution is -2.31. The van der Waals surface area contributed by atoms with Crippen molar-refractivity contribution in [2.24, 2.45) is 0 Å². The number of alkyl halides is 3. The van der Waals surface area contributed by atoms with Crippen molar-refractivity contribution in [1.29, 1.82) is 0 Å². The molecule has 0 aliphatic rings. The molecule has 10 heteroatoms. The van der Waals surface area contributed by atoms with Crippen molar-refractivity contribution in [2.75, 3.05) is 0 Å². The maximum Gasteiger partial charge on any atom is 0.453 e. The number of hydrogen-bond donors (Lipinski definition) is 2. The number of H-pyrrole nitrogens is 1. The van der Waals surface area contributed by atoms with Gasteiger partial charge in [0.2, 0.25) is 5.91 Å². The molecule has 1 atom stereocenters. The monoisotopic (exact) mass is 288 g/mol. The van der Waals surface area contributed by atoms with Crippen LogP contribution in [-0.2, 0) is 17.5 Å². The molecule has 1 amide bonds. The second-order valence-electron chi connectivity index (χ2n) is 3.98. The van der Waals surface area contributed by atoms with E-state index >= 15 is 0 Å². The van der Waals surface area contributed by atoms with Crippen molar-refractivity contribution >= 4 is 5.91 Å². The predicted octanol–water partition coefficient (Wildman–Crippen LogP) is 0.897. The number of carbonyl (C=O) groups excluding carboxylic acids is 1. The van der Waals surface area contributed by atoms with Gasteiger partial charge in [0.05, 0.1) is 6.54 Å². The summed E-state index contributed by atoms with van der Waals surface area (Å²) in [6.45, 7) is 1.44. The third-order valence-corrected chi connectivity index (χ3v) is 2.52. The van der Waals surface area contributed by atoms with E-state index < -0.39 is 23.9 Å². The number of nitrogens with one attached hydrogen (secondary N) is 2. The van der Waals surface area contributed by atoms with E-state index in [0.717, 1.165) is 0 Å². The van der Waals surface area contributed by atoms with Crippen LogP contribution >= 0.6 is 0 Å². The molecule has 2 heterocycles. The van der Waals surface area contributed by atoms with Crippen LogP contribution < -0.4 is 5.32 Å². The minimum absolute atomic E-state index is 0.0710. The van der Waals surface area contributed by atoms with Gasteiger partial charge in [-0.15, -0.1) is 5.10 Å². The summed E-state index contributed by atoms with van der Waals surface area (Å²) < 4.78 is 38.2. The summed E-state index contributed by atoms with van der Waals surface area (Å²) >= 11 is 0. The highest BCUT2D eigenvalue weighted by Crippen LogP contribution is 2.25. The number of nitrogens with zero attached hydrogens (tertiary/aromatic N) is 4. The van der Waals surface area contributed by atoms with Crippen LogP contribution in [0.5, 0.6) is 0 Å². The van der Waals surface area contributed by atoms with Gasteiger partial charge in [-0.25, -0.2) is 4.98 Å². The van der Waals surface area contributed by atoms with Gasteiger partial charge in [0.1, 0.15) is 11.9 Å². The van der Waals surface area contributed by atoms with Crippen molar-refractivity contribution in [3.8, 4) is 0 Å². The Labute approximate surface area is 111 Å². The molecular weight excluding hydrogens is 277 g/mol. The molecule has 0 fully saturated rings. The van der Waals surface area contributed by atoms with Gasteiger partial charge in [-0.3, -0.25) is 14.6 Å². The molecule has 0 aliphatic carbocycles. The zero-order valence-corrected chi connectivity index (χ0v) is 10.3. The van der Waals surface area contributed by atoms with Crippen LogP contribution in [0.2, 0.25) is 0 Å². The minimum atomic E-state index is -4.61. The van der Waals surface area contributed by atoms with Crippen LogP contribution in [0.25, 0.3) is 0 Å². The summed E-state index contributed by atoms with van der Waals surface area (Å²) in [7, 11) is 0. The van der Waals surface area contributed by atoms with E-state index in [0.29, 0.717) is 0 Å². The van der Waals surface area contributed by atoms with Crippen molar-refractivity contribution in [3.63, 3.8) is 0 Å². The van der Waals surface area contributed by atoms with Crippen LogP contribution in [0.4, 0.5) is 13.2 Å². The molecule has 1 unspecified atom stereocenters. The summed E-state index contributed by atoms with van der Waals surface area (Å²) in [5, 5.41) is 11.5. The molecule has 0 radical (unpaired) electrons. The highest BCUT2D eigenvalue weighted by atomic mass is 19.4. The first kappa shape index (κ1) is 14.0. The lowest BCUT2D eigenvalue weighted by Gasteiger charge is -2.11. The fourth-order valence-corrected chi connectivity index (χ4v) is 1.45. The molecular formula is C10H11F3N6O. The first-order valence-corrected chi connectivity index (χ1v) is 5.63. The normalized spacial score (nSPS) is 13.2. The Balaban J connectivity index is 1.92.